The molecule has 1 N–H and O–H groups in total. The van der Waals surface area contributed by atoms with Gasteiger partial charge in [-0.05, 0) is 58.3 Å². The standard InChI is InChI=1S/C23H28N6O2S/c1-4-21(22-25-26-27-29(22)9-10-31-3)28(15-19-6-5-11-32-19)14-18-13-17-8-7-16(2)12-20(17)24-23(18)30/h5-8,11-13,21H,4,9-10,14-15H2,1-3H3,(H,24,30)/t21-/m0/s1. The molecule has 0 aliphatic heterocycles. The van der Waals surface area contributed by atoms with E-state index in [9.17, 15) is 4.79 Å². The van der Waals surface area contributed by atoms with E-state index in [2.05, 4.69) is 55.9 Å². The first kappa shape index (κ1) is 22.3. The summed E-state index contributed by atoms with van der Waals surface area (Å²) < 4.78 is 7.01. The van der Waals surface area contributed by atoms with Gasteiger partial charge in [0.15, 0.2) is 5.82 Å². The molecule has 9 heteroatoms. The van der Waals surface area contributed by atoms with E-state index in [4.69, 9.17) is 4.74 Å². The molecular formula is C23H28N6O2S. The van der Waals surface area contributed by atoms with Gasteiger partial charge in [0.1, 0.15) is 0 Å². The number of nitrogens with zero attached hydrogens (tertiary/aromatic N) is 5. The van der Waals surface area contributed by atoms with Gasteiger partial charge in [-0.3, -0.25) is 9.69 Å². The zero-order chi connectivity index (χ0) is 22.5. The van der Waals surface area contributed by atoms with E-state index in [0.717, 1.165) is 34.3 Å². The van der Waals surface area contributed by atoms with Gasteiger partial charge in [-0.15, -0.1) is 16.4 Å². The highest BCUT2D eigenvalue weighted by atomic mass is 32.1. The average molecular weight is 453 g/mol. The topological polar surface area (TPSA) is 88.9 Å². The first-order valence-electron chi connectivity index (χ1n) is 10.7. The Hall–Kier alpha value is -2.88. The van der Waals surface area contributed by atoms with Crippen molar-refractivity contribution in [2.24, 2.45) is 0 Å². The molecule has 0 unspecified atom stereocenters. The summed E-state index contributed by atoms with van der Waals surface area (Å²) in [5, 5.41) is 15.5. The predicted molar refractivity (Wildman–Crippen MR) is 126 cm³/mol. The Morgan fingerprint density at radius 1 is 1.25 bits per heavy atom. The molecule has 4 aromatic rings. The minimum atomic E-state index is -0.0619. The molecule has 3 heterocycles. The van der Waals surface area contributed by atoms with E-state index < -0.39 is 0 Å². The molecule has 168 valence electrons. The highest BCUT2D eigenvalue weighted by molar-refractivity contribution is 7.09. The maximum atomic E-state index is 12.9. The van der Waals surface area contributed by atoms with E-state index in [0.29, 0.717) is 26.2 Å². The number of benzene rings is 1. The highest BCUT2D eigenvalue weighted by Gasteiger charge is 2.26. The van der Waals surface area contributed by atoms with Crippen molar-refractivity contribution < 1.29 is 4.74 Å². The van der Waals surface area contributed by atoms with Crippen LogP contribution in [0.3, 0.4) is 0 Å². The lowest BCUT2D eigenvalue weighted by Gasteiger charge is -2.29. The minimum absolute atomic E-state index is 0.0444. The number of methoxy groups -OCH3 is 1. The number of rotatable bonds is 10. The van der Waals surface area contributed by atoms with Gasteiger partial charge in [-0.1, -0.05) is 25.1 Å². The minimum Gasteiger partial charge on any atom is -0.383 e. The Labute approximate surface area is 190 Å². The third-order valence-electron chi connectivity index (χ3n) is 5.58. The number of nitrogens with one attached hydrogen (secondary N) is 1. The van der Waals surface area contributed by atoms with Crippen molar-refractivity contribution in [2.45, 2.75) is 45.9 Å². The molecule has 8 nitrogen and oxygen atoms in total. The van der Waals surface area contributed by atoms with Crippen LogP contribution < -0.4 is 5.56 Å². The third-order valence-corrected chi connectivity index (χ3v) is 6.44. The van der Waals surface area contributed by atoms with Crippen LogP contribution in [0, 0.1) is 6.92 Å². The number of H-pyrrole nitrogens is 1. The van der Waals surface area contributed by atoms with Crippen LogP contribution in [0.25, 0.3) is 10.9 Å². The van der Waals surface area contributed by atoms with Crippen LogP contribution in [0.5, 0.6) is 0 Å². The summed E-state index contributed by atoms with van der Waals surface area (Å²) in [5.74, 6) is 0.786. The summed E-state index contributed by atoms with van der Waals surface area (Å²) >= 11 is 1.71. The maximum Gasteiger partial charge on any atom is 0.252 e. The first-order chi connectivity index (χ1) is 15.6. The number of aromatic nitrogens is 5. The Kier molecular flexibility index (Phi) is 7.09. The second-order valence-corrected chi connectivity index (χ2v) is 8.91. The zero-order valence-corrected chi connectivity index (χ0v) is 19.4. The molecule has 0 spiro atoms. The molecule has 0 amide bonds. The molecule has 0 aliphatic rings. The zero-order valence-electron chi connectivity index (χ0n) is 18.6. The van der Waals surface area contributed by atoms with Crippen LogP contribution in [0.2, 0.25) is 0 Å². The Morgan fingerprint density at radius 3 is 2.88 bits per heavy atom. The van der Waals surface area contributed by atoms with E-state index >= 15 is 0 Å². The van der Waals surface area contributed by atoms with Crippen LogP contribution >= 0.6 is 11.3 Å². The van der Waals surface area contributed by atoms with Gasteiger partial charge in [0.25, 0.3) is 5.56 Å². The smallest absolute Gasteiger partial charge is 0.252 e. The van der Waals surface area contributed by atoms with Crippen molar-refractivity contribution in [3.05, 3.63) is 74.0 Å². The fraction of sp³-hybridized carbons (Fsp3) is 0.391. The lowest BCUT2D eigenvalue weighted by atomic mass is 10.1. The number of hydrogen-bond donors (Lipinski definition) is 1. The first-order valence-corrected chi connectivity index (χ1v) is 11.6. The maximum absolute atomic E-state index is 12.9. The monoisotopic (exact) mass is 452 g/mol. The molecule has 0 bridgehead atoms. The highest BCUT2D eigenvalue weighted by Crippen LogP contribution is 2.27. The van der Waals surface area contributed by atoms with E-state index in [-0.39, 0.29) is 11.6 Å². The average Bonchev–Trinajstić information content (AvgIpc) is 3.46. The number of pyridine rings is 1. The SMILES string of the molecule is CC[C@@H](c1nnnn1CCOC)N(Cc1cccs1)Cc1cc2ccc(C)cc2[nH]c1=O. The number of ether oxygens (including phenoxy) is 1. The van der Waals surface area contributed by atoms with Crippen LogP contribution in [0.1, 0.15) is 41.2 Å². The van der Waals surface area contributed by atoms with Gasteiger partial charge in [0, 0.05) is 36.2 Å². The second-order valence-electron chi connectivity index (χ2n) is 7.88. The summed E-state index contributed by atoms with van der Waals surface area (Å²) in [4.78, 5) is 19.5. The van der Waals surface area contributed by atoms with Crippen LogP contribution in [-0.2, 0) is 24.4 Å². The van der Waals surface area contributed by atoms with Crippen molar-refractivity contribution in [3.8, 4) is 0 Å². The molecule has 0 saturated heterocycles. The molecule has 32 heavy (non-hydrogen) atoms. The molecule has 0 fully saturated rings. The fourth-order valence-corrected chi connectivity index (χ4v) is 4.70. The van der Waals surface area contributed by atoms with Gasteiger partial charge in [0.2, 0.25) is 0 Å². The van der Waals surface area contributed by atoms with Gasteiger partial charge < -0.3 is 9.72 Å². The fourth-order valence-electron chi connectivity index (χ4n) is 3.97. The number of aromatic amines is 1. The van der Waals surface area contributed by atoms with E-state index in [1.165, 1.54) is 4.88 Å². The lowest BCUT2D eigenvalue weighted by molar-refractivity contribution is 0.152. The number of aryl methyl sites for hydroxylation is 1. The van der Waals surface area contributed by atoms with Gasteiger partial charge in [0.05, 0.1) is 19.2 Å². The van der Waals surface area contributed by atoms with E-state index in [1.54, 1.807) is 23.1 Å². The molecule has 1 atom stereocenters. The molecule has 3 aromatic heterocycles. The van der Waals surface area contributed by atoms with Crippen molar-refractivity contribution in [1.82, 2.24) is 30.1 Å². The van der Waals surface area contributed by atoms with Crippen molar-refractivity contribution in [3.63, 3.8) is 0 Å². The van der Waals surface area contributed by atoms with Crippen LogP contribution in [-0.4, -0.2) is 43.8 Å². The molecule has 0 radical (unpaired) electrons. The van der Waals surface area contributed by atoms with Crippen molar-refractivity contribution in [1.29, 1.82) is 0 Å². The van der Waals surface area contributed by atoms with Gasteiger partial charge in [-0.25, -0.2) is 4.68 Å². The number of tetrazole rings is 1. The largest absolute Gasteiger partial charge is 0.383 e. The lowest BCUT2D eigenvalue weighted by Crippen LogP contribution is -2.32. The van der Waals surface area contributed by atoms with E-state index in [1.807, 2.05) is 25.1 Å². The van der Waals surface area contributed by atoms with Crippen LogP contribution in [0.4, 0.5) is 0 Å². The summed E-state index contributed by atoms with van der Waals surface area (Å²) in [7, 11) is 1.66. The Bertz CT molecular complexity index is 1220. The molecule has 0 saturated carbocycles. The molecule has 4 rings (SSSR count). The Morgan fingerprint density at radius 2 is 2.12 bits per heavy atom. The summed E-state index contributed by atoms with van der Waals surface area (Å²) in [5.41, 5.74) is 2.65. The quantitative estimate of drug-likeness (QED) is 0.395. The molecule has 0 aliphatic carbocycles. The van der Waals surface area contributed by atoms with Gasteiger partial charge >= 0.3 is 0 Å². The normalized spacial score (nSPS) is 12.6. The second kappa shape index (κ2) is 10.2. The summed E-state index contributed by atoms with van der Waals surface area (Å²) in [6.07, 6.45) is 0.809. The van der Waals surface area contributed by atoms with Crippen molar-refractivity contribution in [2.75, 3.05) is 13.7 Å². The third kappa shape index (κ3) is 4.95. The van der Waals surface area contributed by atoms with Crippen LogP contribution in [0.15, 0.2) is 46.6 Å². The van der Waals surface area contributed by atoms with Crippen molar-refractivity contribution >= 4 is 22.2 Å². The molecule has 1 aromatic carbocycles. The Balaban J connectivity index is 1.70. The summed E-state index contributed by atoms with van der Waals surface area (Å²) in [6.45, 7) is 6.45. The molecular weight excluding hydrogens is 424 g/mol. The summed E-state index contributed by atoms with van der Waals surface area (Å²) in [6, 6.07) is 12.2. The number of fused-ring (bicyclic) bond motifs is 1. The number of hydrogen-bond acceptors (Lipinski definition) is 7. The predicted octanol–water partition coefficient (Wildman–Crippen LogP) is 3.68. The number of thiophene rings is 1. The van der Waals surface area contributed by atoms with Gasteiger partial charge in [-0.2, -0.15) is 0 Å².